The van der Waals surface area contributed by atoms with Crippen LogP contribution in [0.5, 0.6) is 0 Å². The zero-order chi connectivity index (χ0) is 18.7. The van der Waals surface area contributed by atoms with E-state index in [9.17, 15) is 14.4 Å². The van der Waals surface area contributed by atoms with Crippen LogP contribution in [0.3, 0.4) is 0 Å². The summed E-state index contributed by atoms with van der Waals surface area (Å²) in [5, 5.41) is 8.30. The Hall–Kier alpha value is -2.93. The highest BCUT2D eigenvalue weighted by molar-refractivity contribution is 7.10. The molecule has 0 aliphatic rings. The smallest absolute Gasteiger partial charge is 0.336 e. The van der Waals surface area contributed by atoms with Gasteiger partial charge in [0.15, 0.2) is 0 Å². The zero-order valence-corrected chi connectivity index (χ0v) is 15.2. The van der Waals surface area contributed by atoms with E-state index in [2.05, 4.69) is 10.6 Å². The normalized spacial score (nSPS) is 11.9. The molecule has 3 aromatic rings. The maximum absolute atomic E-state index is 12.4. The van der Waals surface area contributed by atoms with E-state index in [0.717, 1.165) is 15.8 Å². The van der Waals surface area contributed by atoms with E-state index >= 15 is 0 Å². The van der Waals surface area contributed by atoms with Crippen LogP contribution in [0.2, 0.25) is 0 Å². The molecule has 2 aromatic heterocycles. The summed E-state index contributed by atoms with van der Waals surface area (Å²) < 4.78 is 5.20. The fraction of sp³-hybridized carbons (Fsp3) is 0.211. The Morgan fingerprint density at radius 3 is 2.73 bits per heavy atom. The molecule has 0 radical (unpaired) electrons. The molecule has 0 fully saturated rings. The summed E-state index contributed by atoms with van der Waals surface area (Å²) >= 11 is 1.48. The highest BCUT2D eigenvalue weighted by atomic mass is 32.1. The molecule has 134 valence electrons. The van der Waals surface area contributed by atoms with Crippen LogP contribution in [0, 0.1) is 6.92 Å². The Bertz CT molecular complexity index is 1010. The van der Waals surface area contributed by atoms with Gasteiger partial charge in [-0.3, -0.25) is 9.59 Å². The van der Waals surface area contributed by atoms with E-state index in [1.807, 2.05) is 24.4 Å². The molecular formula is C19H18N2O4S. The number of benzene rings is 1. The summed E-state index contributed by atoms with van der Waals surface area (Å²) in [6.45, 7) is 3.25. The summed E-state index contributed by atoms with van der Waals surface area (Å²) in [6, 6.07) is 9.99. The van der Waals surface area contributed by atoms with Crippen LogP contribution >= 0.6 is 11.3 Å². The van der Waals surface area contributed by atoms with E-state index in [1.165, 1.54) is 24.3 Å². The van der Waals surface area contributed by atoms with Crippen molar-refractivity contribution in [3.8, 4) is 0 Å². The van der Waals surface area contributed by atoms with Crippen molar-refractivity contribution in [3.05, 3.63) is 62.6 Å². The fourth-order valence-corrected chi connectivity index (χ4v) is 3.54. The average Bonchev–Trinajstić information content (AvgIpc) is 3.07. The van der Waals surface area contributed by atoms with Crippen molar-refractivity contribution in [1.82, 2.24) is 5.32 Å². The number of carbonyl (C=O) groups excluding carboxylic acids is 2. The molecule has 6 nitrogen and oxygen atoms in total. The molecule has 3 rings (SSSR count). The maximum atomic E-state index is 12.4. The maximum Gasteiger partial charge on any atom is 0.336 e. The number of aryl methyl sites for hydroxylation is 1. The van der Waals surface area contributed by atoms with E-state index < -0.39 is 5.63 Å². The van der Waals surface area contributed by atoms with Crippen LogP contribution in [-0.2, 0) is 9.59 Å². The van der Waals surface area contributed by atoms with Gasteiger partial charge >= 0.3 is 5.63 Å². The second-order valence-corrected chi connectivity index (χ2v) is 6.96. The molecule has 7 heteroatoms. The largest absolute Gasteiger partial charge is 0.423 e. The predicted molar refractivity (Wildman–Crippen MR) is 101 cm³/mol. The van der Waals surface area contributed by atoms with E-state index in [4.69, 9.17) is 4.42 Å². The van der Waals surface area contributed by atoms with E-state index in [0.29, 0.717) is 11.3 Å². The molecule has 2 amide bonds. The van der Waals surface area contributed by atoms with Crippen LogP contribution in [0.4, 0.5) is 5.69 Å². The molecule has 0 aliphatic heterocycles. The molecule has 26 heavy (non-hydrogen) atoms. The Kier molecular flexibility index (Phi) is 5.18. The molecule has 2 N–H and O–H groups in total. The van der Waals surface area contributed by atoms with E-state index in [-0.39, 0.29) is 24.3 Å². The van der Waals surface area contributed by atoms with Gasteiger partial charge < -0.3 is 15.1 Å². The molecule has 0 saturated carbocycles. The van der Waals surface area contributed by atoms with Gasteiger partial charge in [-0.15, -0.1) is 11.3 Å². The summed E-state index contributed by atoms with van der Waals surface area (Å²) in [5.41, 5.74) is 1.34. The van der Waals surface area contributed by atoms with Crippen LogP contribution in [-0.4, -0.2) is 11.8 Å². The number of hydrogen-bond acceptors (Lipinski definition) is 5. The molecule has 1 aromatic carbocycles. The van der Waals surface area contributed by atoms with Crippen LogP contribution in [0.15, 0.2) is 51.0 Å². The van der Waals surface area contributed by atoms with Crippen molar-refractivity contribution < 1.29 is 14.0 Å². The van der Waals surface area contributed by atoms with Crippen molar-refractivity contribution in [2.75, 3.05) is 5.32 Å². The number of rotatable bonds is 5. The van der Waals surface area contributed by atoms with Gasteiger partial charge in [-0.1, -0.05) is 6.07 Å². The summed E-state index contributed by atoms with van der Waals surface area (Å²) in [6.07, 6.45) is 0.107. The number of amides is 2. The highest BCUT2D eigenvalue weighted by Crippen LogP contribution is 2.24. The second-order valence-electron chi connectivity index (χ2n) is 5.98. The van der Waals surface area contributed by atoms with E-state index in [1.54, 1.807) is 18.2 Å². The fourth-order valence-electron chi connectivity index (χ4n) is 2.76. The lowest BCUT2D eigenvalue weighted by molar-refractivity contribution is -0.120. The minimum Gasteiger partial charge on any atom is -0.423 e. The molecule has 0 spiro atoms. The number of fused-ring (bicyclic) bond motifs is 1. The Morgan fingerprint density at radius 2 is 2.04 bits per heavy atom. The van der Waals surface area contributed by atoms with Crippen LogP contribution in [0.25, 0.3) is 11.0 Å². The van der Waals surface area contributed by atoms with Crippen molar-refractivity contribution >= 4 is 39.8 Å². The topological polar surface area (TPSA) is 88.4 Å². The first-order valence-electron chi connectivity index (χ1n) is 8.07. The lowest BCUT2D eigenvalue weighted by atomic mass is 10.1. The molecule has 0 saturated heterocycles. The first-order chi connectivity index (χ1) is 12.4. The number of thiophene rings is 1. The lowest BCUT2D eigenvalue weighted by Gasteiger charge is -2.16. The third-order valence-electron chi connectivity index (χ3n) is 3.89. The molecule has 0 aliphatic carbocycles. The molecule has 2 heterocycles. The molecular weight excluding hydrogens is 352 g/mol. The first-order valence-corrected chi connectivity index (χ1v) is 8.95. The van der Waals surface area contributed by atoms with Crippen molar-refractivity contribution in [2.45, 2.75) is 26.3 Å². The highest BCUT2D eigenvalue weighted by Gasteiger charge is 2.18. The number of nitrogens with one attached hydrogen (secondary N) is 2. The van der Waals surface area contributed by atoms with Crippen molar-refractivity contribution in [1.29, 1.82) is 0 Å². The van der Waals surface area contributed by atoms with Gasteiger partial charge in [-0.05, 0) is 36.1 Å². The third kappa shape index (κ3) is 4.18. The Labute approximate surface area is 153 Å². The average molecular weight is 370 g/mol. The molecule has 1 atom stereocenters. The summed E-state index contributed by atoms with van der Waals surface area (Å²) in [4.78, 5) is 36.3. The zero-order valence-electron chi connectivity index (χ0n) is 14.4. The minimum atomic E-state index is -0.429. The van der Waals surface area contributed by atoms with Gasteiger partial charge in [0, 0.05) is 35.0 Å². The monoisotopic (exact) mass is 370 g/mol. The summed E-state index contributed by atoms with van der Waals surface area (Å²) in [5.74, 6) is -0.439. The third-order valence-corrected chi connectivity index (χ3v) is 4.87. The van der Waals surface area contributed by atoms with Gasteiger partial charge in [0.25, 0.3) is 0 Å². The Morgan fingerprint density at radius 1 is 1.23 bits per heavy atom. The Balaban J connectivity index is 1.77. The molecule has 0 bridgehead atoms. The number of carbonyl (C=O) groups is 2. The lowest BCUT2D eigenvalue weighted by Crippen LogP contribution is -2.29. The van der Waals surface area contributed by atoms with Crippen molar-refractivity contribution in [2.24, 2.45) is 0 Å². The second kappa shape index (κ2) is 7.53. The predicted octanol–water partition coefficient (Wildman–Crippen LogP) is 3.37. The van der Waals surface area contributed by atoms with Crippen LogP contribution in [0.1, 0.15) is 29.8 Å². The quantitative estimate of drug-likeness (QED) is 0.674. The standard InChI is InChI=1S/C19H18N2O4S/c1-11-8-19(24)25-16-9-13(5-6-14(11)16)21-18(23)10-15(20-12(2)22)17-4-3-7-26-17/h3-9,15H,10H2,1-2H3,(H,20,22)(H,21,23). The van der Waals surface area contributed by atoms with Crippen molar-refractivity contribution in [3.63, 3.8) is 0 Å². The number of anilines is 1. The van der Waals surface area contributed by atoms with Crippen LogP contribution < -0.4 is 16.3 Å². The SMILES string of the molecule is CC(=O)NC(CC(=O)Nc1ccc2c(C)cc(=O)oc2c1)c1cccs1. The minimum absolute atomic E-state index is 0.107. The number of hydrogen-bond donors (Lipinski definition) is 2. The van der Waals surface area contributed by atoms with Gasteiger partial charge in [-0.2, -0.15) is 0 Å². The molecule has 1 unspecified atom stereocenters. The van der Waals surface area contributed by atoms with Gasteiger partial charge in [0.1, 0.15) is 5.58 Å². The summed E-state index contributed by atoms with van der Waals surface area (Å²) in [7, 11) is 0. The van der Waals surface area contributed by atoms with Gasteiger partial charge in [-0.25, -0.2) is 4.79 Å². The van der Waals surface area contributed by atoms with Gasteiger partial charge in [0.05, 0.1) is 12.5 Å². The first kappa shape index (κ1) is 17.9. The van der Waals surface area contributed by atoms with Gasteiger partial charge in [0.2, 0.25) is 11.8 Å².